The normalized spacial score (nSPS) is 14.3. The van der Waals surface area contributed by atoms with Crippen LogP contribution in [0.25, 0.3) is 0 Å². The van der Waals surface area contributed by atoms with E-state index < -0.39 is 169 Å². The predicted octanol–water partition coefficient (Wildman–Crippen LogP) is -1.88. The summed E-state index contributed by atoms with van der Waals surface area (Å²) < 4.78 is 5.39. The van der Waals surface area contributed by atoms with E-state index in [1.807, 2.05) is 0 Å². The number of hydrogen-bond donors (Lipinski definition) is 12. The zero-order chi connectivity index (χ0) is 67.4. The maximum Gasteiger partial charge on any atom is 0.320 e. The molecule has 0 saturated carbocycles. The summed E-state index contributed by atoms with van der Waals surface area (Å²) in [5, 5.41) is 32.4. The van der Waals surface area contributed by atoms with Crippen LogP contribution in [0.2, 0.25) is 0 Å². The molecule has 29 heteroatoms. The van der Waals surface area contributed by atoms with Gasteiger partial charge in [0, 0.05) is 26.9 Å². The van der Waals surface area contributed by atoms with Gasteiger partial charge in [0.25, 0.3) is 0 Å². The molecule has 0 heterocycles. The molecule has 492 valence electrons. The van der Waals surface area contributed by atoms with E-state index in [2.05, 4.69) is 47.9 Å². The summed E-state index contributed by atoms with van der Waals surface area (Å²) in [6, 6.07) is 12.9. The Morgan fingerprint density at radius 3 is 1.56 bits per heavy atom. The largest absolute Gasteiger partial charge is 0.394 e. The number of likely N-dealkylation sites (N-methyl/N-ethyl adjacent to an activating group) is 2. The number of amides is 12. The summed E-state index contributed by atoms with van der Waals surface area (Å²) >= 11 is 0.764. The van der Waals surface area contributed by atoms with E-state index in [4.69, 9.17) is 15.7 Å². The van der Waals surface area contributed by atoms with Gasteiger partial charge in [0.15, 0.2) is 0 Å². The molecule has 0 saturated heterocycles. The molecule has 0 aliphatic heterocycles. The van der Waals surface area contributed by atoms with Crippen molar-refractivity contribution in [3.63, 3.8) is 0 Å². The van der Waals surface area contributed by atoms with Gasteiger partial charge in [-0.3, -0.25) is 62.3 Å². The second-order valence-corrected chi connectivity index (χ2v) is 23.1. The maximum absolute atomic E-state index is 14.6. The average Bonchev–Trinajstić information content (AvgIpc) is 1.67. The monoisotopic (exact) mass is 1270 g/mol. The van der Waals surface area contributed by atoms with E-state index in [9.17, 15) is 67.4 Å². The first-order valence-electron chi connectivity index (χ1n) is 29.2. The standard InChI is InChI=1S/C61H87N13O15S/c1-34(2)26-43(68-49(77)31-65-58(85)47(28-41-22-16-12-17-23-41)74(10)60(87)38(7)67-52(79)36(5)62)56(83)66-37(6)53(80)72-51(35(3)4)59(86)69-44(27-40-20-14-11-15-21-40)57(84)70-45(29-50(78)89-90-33-42-24-18-13-19-25-42)61(88)73(9)39(8)54(81)71-46(32-75)55(82)64-30-48(63)76/h11-25,34-39,43-47,51,75H,26-33,62H2,1-10H3,(H2,63,76)(H,64,82)(H,65,85)(H,66,83)(H,67,79)(H,68,77)(H,69,86)(H,70,84)(H,71,81)(H,72,80)/t36-,37-,38-,39-,43-,44-,45-,46-,47-,51-/m0/s1. The molecule has 0 aliphatic carbocycles. The summed E-state index contributed by atoms with van der Waals surface area (Å²) in [6.07, 6.45) is -0.855. The Bertz CT molecular complexity index is 2940. The first-order chi connectivity index (χ1) is 42.4. The van der Waals surface area contributed by atoms with Crippen molar-refractivity contribution in [1.29, 1.82) is 0 Å². The fraction of sp³-hybridized carbons (Fsp3) is 0.492. The molecule has 14 N–H and O–H groups in total. The van der Waals surface area contributed by atoms with Crippen molar-refractivity contribution < 1.29 is 71.6 Å². The van der Waals surface area contributed by atoms with Gasteiger partial charge in [0.2, 0.25) is 70.9 Å². The number of carbonyl (C=O) groups excluding carboxylic acids is 13. The Hall–Kier alpha value is -8.96. The van der Waals surface area contributed by atoms with E-state index in [0.29, 0.717) is 11.1 Å². The molecule has 3 aromatic carbocycles. The molecule has 10 atom stereocenters. The number of benzene rings is 3. The van der Waals surface area contributed by atoms with Crippen molar-refractivity contribution in [2.75, 3.05) is 33.8 Å². The number of aliphatic hydroxyl groups excluding tert-OH is 1. The minimum Gasteiger partial charge on any atom is -0.394 e. The molecule has 0 bridgehead atoms. The highest BCUT2D eigenvalue weighted by Crippen LogP contribution is 2.17. The fourth-order valence-electron chi connectivity index (χ4n) is 8.66. The Balaban J connectivity index is 1.83. The zero-order valence-electron chi connectivity index (χ0n) is 52.4. The zero-order valence-corrected chi connectivity index (χ0v) is 53.2. The molecule has 0 unspecified atom stereocenters. The molecule has 3 rings (SSSR count). The molecule has 0 radical (unpaired) electrons. The summed E-state index contributed by atoms with van der Waals surface area (Å²) in [4.78, 5) is 177. The van der Waals surface area contributed by atoms with Crippen molar-refractivity contribution in [2.45, 2.75) is 147 Å². The van der Waals surface area contributed by atoms with Crippen molar-refractivity contribution in [2.24, 2.45) is 23.3 Å². The van der Waals surface area contributed by atoms with Crippen LogP contribution < -0.4 is 59.3 Å². The van der Waals surface area contributed by atoms with Crippen LogP contribution >= 0.6 is 12.0 Å². The topological polar surface area (TPSA) is 418 Å². The van der Waals surface area contributed by atoms with Crippen LogP contribution in [-0.2, 0) is 85.1 Å². The van der Waals surface area contributed by atoms with Gasteiger partial charge in [-0.15, -0.1) is 0 Å². The predicted molar refractivity (Wildman–Crippen MR) is 333 cm³/mol. The number of rotatable bonds is 36. The smallest absolute Gasteiger partial charge is 0.320 e. The molecule has 0 aromatic heterocycles. The van der Waals surface area contributed by atoms with E-state index in [1.165, 1.54) is 41.8 Å². The van der Waals surface area contributed by atoms with Crippen LogP contribution in [0.3, 0.4) is 0 Å². The first-order valence-corrected chi connectivity index (χ1v) is 30.1. The van der Waals surface area contributed by atoms with Gasteiger partial charge in [-0.25, -0.2) is 0 Å². The Morgan fingerprint density at radius 2 is 1.02 bits per heavy atom. The van der Waals surface area contributed by atoms with Gasteiger partial charge in [-0.2, -0.15) is 0 Å². The van der Waals surface area contributed by atoms with Crippen molar-refractivity contribution in [3.8, 4) is 0 Å². The summed E-state index contributed by atoms with van der Waals surface area (Å²) in [5.41, 5.74) is 12.8. The van der Waals surface area contributed by atoms with Gasteiger partial charge in [0.05, 0.1) is 50.0 Å². The SMILES string of the molecule is CC(C)C[C@H](NC(=O)CNC(=O)[C@H](Cc1ccccc1)N(C)C(=O)[C@H](C)NC(=O)[C@H](C)N)C(=O)N[C@@H](C)C(=O)N[C@H](C(=O)N[C@@H](Cc1ccccc1)C(=O)N[C@@H](CC(=O)OSCc1ccccc1)C(=O)N(C)[C@@H](C)C(=O)N[C@@H](CO)C(=O)NCC(N)=O)C(C)C. The molecular weight excluding hydrogens is 1190 g/mol. The molecule has 0 fully saturated rings. The third-order valence-corrected chi connectivity index (χ3v) is 14.7. The summed E-state index contributed by atoms with van der Waals surface area (Å²) in [6.45, 7) is 10.2. The second-order valence-electron chi connectivity index (χ2n) is 22.4. The van der Waals surface area contributed by atoms with E-state index in [0.717, 1.165) is 27.4 Å². The lowest BCUT2D eigenvalue weighted by Crippen LogP contribution is -2.61. The van der Waals surface area contributed by atoms with Crippen LogP contribution in [0.5, 0.6) is 0 Å². The van der Waals surface area contributed by atoms with Crippen LogP contribution in [0.1, 0.15) is 84.9 Å². The lowest BCUT2D eigenvalue weighted by atomic mass is 10.00. The number of primary amides is 1. The van der Waals surface area contributed by atoms with E-state index in [-0.39, 0.29) is 30.9 Å². The Morgan fingerprint density at radius 1 is 0.511 bits per heavy atom. The second kappa shape index (κ2) is 37.8. The molecule has 0 aliphatic rings. The fourth-order valence-corrected chi connectivity index (χ4v) is 9.25. The molecule has 12 amide bonds. The van der Waals surface area contributed by atoms with Crippen LogP contribution in [-0.4, -0.2) is 186 Å². The number of nitrogens with two attached hydrogens (primary N) is 2. The van der Waals surface area contributed by atoms with Crippen molar-refractivity contribution in [3.05, 3.63) is 108 Å². The lowest BCUT2D eigenvalue weighted by Gasteiger charge is -2.31. The van der Waals surface area contributed by atoms with Gasteiger partial charge < -0.3 is 78.4 Å². The molecule has 28 nitrogen and oxygen atoms in total. The van der Waals surface area contributed by atoms with Crippen molar-refractivity contribution in [1.82, 2.24) is 57.7 Å². The average molecular weight is 1270 g/mol. The summed E-state index contributed by atoms with van der Waals surface area (Å²) in [5.74, 6) is -11.5. The van der Waals surface area contributed by atoms with E-state index >= 15 is 0 Å². The van der Waals surface area contributed by atoms with Gasteiger partial charge in [-0.1, -0.05) is 119 Å². The minimum absolute atomic E-state index is 0.0373. The Kier molecular flexibility index (Phi) is 31.6. The van der Waals surface area contributed by atoms with Gasteiger partial charge >= 0.3 is 5.97 Å². The minimum atomic E-state index is -1.75. The third-order valence-electron chi connectivity index (χ3n) is 14.0. The third kappa shape index (κ3) is 25.6. The number of hydrogen-bond acceptors (Lipinski definition) is 17. The first kappa shape index (κ1) is 75.3. The highest BCUT2D eigenvalue weighted by atomic mass is 32.2. The maximum atomic E-state index is 14.6. The molecule has 3 aromatic rings. The van der Waals surface area contributed by atoms with E-state index in [1.54, 1.807) is 119 Å². The van der Waals surface area contributed by atoms with Crippen molar-refractivity contribution >= 4 is 88.9 Å². The quantitative estimate of drug-likeness (QED) is 0.0284. The number of nitrogens with one attached hydrogen (secondary N) is 9. The van der Waals surface area contributed by atoms with Gasteiger partial charge in [-0.05, 0) is 62.6 Å². The van der Waals surface area contributed by atoms with Crippen LogP contribution in [0, 0.1) is 11.8 Å². The Labute approximate surface area is 528 Å². The highest BCUT2D eigenvalue weighted by molar-refractivity contribution is 7.94. The summed E-state index contributed by atoms with van der Waals surface area (Å²) in [7, 11) is 2.57. The molecular formula is C61H87N13O15S. The number of aliphatic hydroxyl groups is 1. The van der Waals surface area contributed by atoms with Gasteiger partial charge in [0.1, 0.15) is 54.4 Å². The molecule has 90 heavy (non-hydrogen) atoms. The molecule has 0 spiro atoms. The lowest BCUT2D eigenvalue weighted by molar-refractivity contribution is -0.145. The highest BCUT2D eigenvalue weighted by Gasteiger charge is 2.38. The number of carbonyl (C=O) groups is 13. The van der Waals surface area contributed by atoms with Crippen LogP contribution in [0.15, 0.2) is 91.0 Å². The number of nitrogens with zero attached hydrogens (tertiary/aromatic N) is 2. The van der Waals surface area contributed by atoms with Crippen LogP contribution in [0.4, 0.5) is 0 Å².